The number of carboxylic acids is 1. The molecule has 11 heteroatoms. The van der Waals surface area contributed by atoms with Gasteiger partial charge in [0.15, 0.2) is 0 Å². The highest BCUT2D eigenvalue weighted by molar-refractivity contribution is 5.92. The van der Waals surface area contributed by atoms with Crippen LogP contribution in [0.2, 0.25) is 0 Å². The number of nitrogens with two attached hydrogens (primary N) is 1. The van der Waals surface area contributed by atoms with E-state index in [1.165, 1.54) is 12.1 Å². The van der Waals surface area contributed by atoms with Crippen molar-refractivity contribution in [2.45, 2.75) is 31.0 Å². The number of aliphatic hydroxyl groups is 1. The molecule has 0 radical (unpaired) electrons. The van der Waals surface area contributed by atoms with Gasteiger partial charge in [-0.2, -0.15) is 0 Å². The minimum atomic E-state index is -1.28. The molecule has 0 bridgehead atoms. The van der Waals surface area contributed by atoms with E-state index in [-0.39, 0.29) is 18.6 Å². The Kier molecular flexibility index (Phi) is 9.99. The Hall–Kier alpha value is -3.96. The maximum absolute atomic E-state index is 13.0. The molecule has 3 unspecified atom stereocenters. The number of hydrogen-bond acceptors (Lipinski definition) is 7. The van der Waals surface area contributed by atoms with Gasteiger partial charge in [-0.05, 0) is 23.3 Å². The van der Waals surface area contributed by atoms with E-state index in [2.05, 4.69) is 16.0 Å². The average molecular weight is 472 g/mol. The van der Waals surface area contributed by atoms with E-state index in [1.54, 1.807) is 42.5 Å². The third kappa shape index (κ3) is 8.52. The summed E-state index contributed by atoms with van der Waals surface area (Å²) >= 11 is 0. The topological polar surface area (TPSA) is 191 Å². The molecule has 0 aromatic heterocycles. The molecular weight excluding hydrogens is 444 g/mol. The number of rotatable bonds is 12. The lowest BCUT2D eigenvalue weighted by Gasteiger charge is -2.22. The smallest absolute Gasteiger partial charge is 0.326 e. The van der Waals surface area contributed by atoms with Crippen LogP contribution in [-0.4, -0.2) is 70.3 Å². The second kappa shape index (κ2) is 12.9. The molecule has 0 heterocycles. The zero-order valence-electron chi connectivity index (χ0n) is 18.3. The Morgan fingerprint density at radius 2 is 1.41 bits per heavy atom. The van der Waals surface area contributed by atoms with Crippen LogP contribution in [0.1, 0.15) is 11.1 Å². The first-order chi connectivity index (χ1) is 16.2. The molecule has 0 saturated carbocycles. The number of aliphatic hydroxyl groups excluding tert-OH is 1. The lowest BCUT2D eigenvalue weighted by Crippen LogP contribution is -2.55. The summed E-state index contributed by atoms with van der Waals surface area (Å²) in [7, 11) is 0. The molecular formula is C23H28N4O7. The number of carbonyl (C=O) groups excluding carboxylic acids is 3. The fourth-order valence-electron chi connectivity index (χ4n) is 3.03. The second-order valence-corrected chi connectivity index (χ2v) is 7.59. The van der Waals surface area contributed by atoms with Crippen molar-refractivity contribution in [3.63, 3.8) is 0 Å². The van der Waals surface area contributed by atoms with Gasteiger partial charge in [-0.3, -0.25) is 14.4 Å². The minimum Gasteiger partial charge on any atom is -0.508 e. The van der Waals surface area contributed by atoms with Crippen molar-refractivity contribution < 1.29 is 34.5 Å². The van der Waals surface area contributed by atoms with Crippen LogP contribution in [0.3, 0.4) is 0 Å². The summed E-state index contributed by atoms with van der Waals surface area (Å²) in [6.07, 6.45) is 0.0382. The number of carbonyl (C=O) groups is 4. The van der Waals surface area contributed by atoms with Gasteiger partial charge in [-0.25, -0.2) is 4.79 Å². The maximum Gasteiger partial charge on any atom is 0.326 e. The highest BCUT2D eigenvalue weighted by Gasteiger charge is 2.27. The minimum absolute atomic E-state index is 0.0253. The molecule has 0 aliphatic carbocycles. The van der Waals surface area contributed by atoms with E-state index < -0.39 is 55.0 Å². The van der Waals surface area contributed by atoms with E-state index in [0.717, 1.165) is 5.56 Å². The van der Waals surface area contributed by atoms with Gasteiger partial charge in [0, 0.05) is 12.8 Å². The fraction of sp³-hybridized carbons (Fsp3) is 0.304. The van der Waals surface area contributed by atoms with E-state index in [4.69, 9.17) is 10.8 Å². The summed E-state index contributed by atoms with van der Waals surface area (Å²) < 4.78 is 0. The molecule has 0 saturated heterocycles. The second-order valence-electron chi connectivity index (χ2n) is 7.59. The van der Waals surface area contributed by atoms with Crippen molar-refractivity contribution >= 4 is 23.7 Å². The first kappa shape index (κ1) is 26.3. The molecule has 8 N–H and O–H groups in total. The molecule has 3 atom stereocenters. The number of phenolic OH excluding ortho intramolecular Hbond substituents is 1. The van der Waals surface area contributed by atoms with Crippen LogP contribution in [0.25, 0.3) is 0 Å². The molecule has 0 fully saturated rings. The van der Waals surface area contributed by atoms with Crippen molar-refractivity contribution in [3.05, 3.63) is 65.7 Å². The Morgan fingerprint density at radius 3 is 2.00 bits per heavy atom. The number of aliphatic carboxylic acids is 1. The summed E-state index contributed by atoms with van der Waals surface area (Å²) in [5, 5.41) is 35.1. The van der Waals surface area contributed by atoms with E-state index >= 15 is 0 Å². The van der Waals surface area contributed by atoms with E-state index in [0.29, 0.717) is 5.56 Å². The van der Waals surface area contributed by atoms with Crippen molar-refractivity contribution in [2.75, 3.05) is 13.2 Å². The van der Waals surface area contributed by atoms with Crippen LogP contribution < -0.4 is 21.7 Å². The van der Waals surface area contributed by atoms with Crippen LogP contribution in [0.15, 0.2) is 54.6 Å². The Bertz CT molecular complexity index is 983. The fourth-order valence-corrected chi connectivity index (χ4v) is 3.03. The number of nitrogens with one attached hydrogen (secondary N) is 3. The molecule has 0 aliphatic heterocycles. The third-order valence-electron chi connectivity index (χ3n) is 4.88. The predicted molar refractivity (Wildman–Crippen MR) is 122 cm³/mol. The van der Waals surface area contributed by atoms with Crippen molar-refractivity contribution in [3.8, 4) is 5.75 Å². The summed E-state index contributed by atoms with van der Waals surface area (Å²) in [4.78, 5) is 48.7. The van der Waals surface area contributed by atoms with Gasteiger partial charge in [0.2, 0.25) is 17.7 Å². The lowest BCUT2D eigenvalue weighted by atomic mass is 10.0. The first-order valence-electron chi connectivity index (χ1n) is 10.5. The number of amides is 3. The van der Waals surface area contributed by atoms with Crippen molar-refractivity contribution in [2.24, 2.45) is 5.73 Å². The number of benzene rings is 2. The molecule has 0 spiro atoms. The van der Waals surface area contributed by atoms with Crippen molar-refractivity contribution in [1.82, 2.24) is 16.0 Å². The first-order valence-corrected chi connectivity index (χ1v) is 10.5. The number of aromatic hydroxyl groups is 1. The summed E-state index contributed by atoms with van der Waals surface area (Å²) in [6.45, 7) is -1.08. The summed E-state index contributed by atoms with van der Waals surface area (Å²) in [5.41, 5.74) is 6.68. The third-order valence-corrected chi connectivity index (χ3v) is 4.88. The van der Waals surface area contributed by atoms with Crippen LogP contribution >= 0.6 is 0 Å². The van der Waals surface area contributed by atoms with Crippen LogP contribution in [-0.2, 0) is 32.0 Å². The van der Waals surface area contributed by atoms with Gasteiger partial charge in [-0.15, -0.1) is 0 Å². The maximum atomic E-state index is 13.0. The number of carboxylic acid groups (broad SMARTS) is 1. The summed E-state index contributed by atoms with van der Waals surface area (Å²) in [6, 6.07) is 11.1. The van der Waals surface area contributed by atoms with Crippen LogP contribution in [0.5, 0.6) is 5.75 Å². The van der Waals surface area contributed by atoms with Gasteiger partial charge in [0.05, 0.1) is 13.2 Å². The normalized spacial score (nSPS) is 13.2. The van der Waals surface area contributed by atoms with Gasteiger partial charge in [0.25, 0.3) is 0 Å². The highest BCUT2D eigenvalue weighted by Crippen LogP contribution is 2.12. The SMILES string of the molecule is NC(CO)C(=O)NCC(=O)NC(Cc1ccccc1)C(=O)NC(Cc1ccc(O)cc1)C(=O)O. The van der Waals surface area contributed by atoms with Crippen molar-refractivity contribution in [1.29, 1.82) is 0 Å². The van der Waals surface area contributed by atoms with E-state index in [9.17, 15) is 29.4 Å². The Balaban J connectivity index is 2.10. The van der Waals surface area contributed by atoms with Gasteiger partial charge >= 0.3 is 5.97 Å². The van der Waals surface area contributed by atoms with Crippen LogP contribution in [0, 0.1) is 0 Å². The predicted octanol–water partition coefficient (Wildman–Crippen LogP) is -1.33. The number of hydrogen-bond donors (Lipinski definition) is 7. The molecule has 2 aromatic carbocycles. The quantitative estimate of drug-likeness (QED) is 0.197. The van der Waals surface area contributed by atoms with Gasteiger partial charge in [-0.1, -0.05) is 42.5 Å². The molecule has 3 amide bonds. The standard InChI is InChI=1S/C23H28N4O7/c24-17(13-28)21(31)25-12-20(30)26-18(10-14-4-2-1-3-5-14)22(32)27-19(23(33)34)11-15-6-8-16(29)9-7-15/h1-9,17-19,28-29H,10-13,24H2,(H,25,31)(H,26,30)(H,27,32)(H,33,34). The van der Waals surface area contributed by atoms with Gasteiger partial charge < -0.3 is 37.0 Å². The molecule has 0 aliphatic rings. The zero-order valence-corrected chi connectivity index (χ0v) is 18.3. The lowest BCUT2D eigenvalue weighted by molar-refractivity contribution is -0.142. The Morgan fingerprint density at radius 1 is 0.824 bits per heavy atom. The molecule has 34 heavy (non-hydrogen) atoms. The van der Waals surface area contributed by atoms with Gasteiger partial charge in [0.1, 0.15) is 23.9 Å². The molecule has 11 nitrogen and oxygen atoms in total. The molecule has 2 aromatic rings. The average Bonchev–Trinajstić information content (AvgIpc) is 2.82. The van der Waals surface area contributed by atoms with Crippen LogP contribution in [0.4, 0.5) is 0 Å². The highest BCUT2D eigenvalue weighted by atomic mass is 16.4. The largest absolute Gasteiger partial charge is 0.508 e. The zero-order chi connectivity index (χ0) is 25.1. The number of phenols is 1. The Labute approximate surface area is 196 Å². The monoisotopic (exact) mass is 472 g/mol. The molecule has 182 valence electrons. The van der Waals surface area contributed by atoms with E-state index in [1.807, 2.05) is 0 Å². The summed E-state index contributed by atoms with van der Waals surface area (Å²) in [5.74, 6) is -3.39. The molecule has 2 rings (SSSR count).